The van der Waals surface area contributed by atoms with Crippen molar-refractivity contribution in [3.05, 3.63) is 42.0 Å². The van der Waals surface area contributed by atoms with E-state index in [0.717, 1.165) is 11.3 Å². The lowest BCUT2D eigenvalue weighted by atomic mass is 10.2. The first-order chi connectivity index (χ1) is 9.58. The zero-order chi connectivity index (χ0) is 14.5. The maximum absolute atomic E-state index is 13.5. The van der Waals surface area contributed by atoms with Crippen LogP contribution in [0.15, 0.2) is 30.6 Å². The quantitative estimate of drug-likeness (QED) is 0.829. The minimum absolute atomic E-state index is 0.0266. The molecule has 20 heavy (non-hydrogen) atoms. The molecule has 1 amide bonds. The summed E-state index contributed by atoms with van der Waals surface area (Å²) < 4.78 is 19.8. The molecule has 0 spiro atoms. The summed E-state index contributed by atoms with van der Waals surface area (Å²) in [5.74, 6) is -0.656. The molecule has 0 unspecified atom stereocenters. The standard InChI is InChI=1S/C13H15FN4O2/c1-20-12-3-2-9(4-11(12)14)5-16-10-6-17-18(7-10)8-13(15)19/h2-4,6-7,16H,5,8H2,1H3,(H2,15,19). The number of ether oxygens (including phenoxy) is 1. The normalized spacial score (nSPS) is 10.3. The zero-order valence-electron chi connectivity index (χ0n) is 11.0. The van der Waals surface area contributed by atoms with Crippen LogP contribution >= 0.6 is 0 Å². The van der Waals surface area contributed by atoms with Gasteiger partial charge in [0, 0.05) is 12.7 Å². The van der Waals surface area contributed by atoms with Crippen molar-refractivity contribution in [2.75, 3.05) is 12.4 Å². The Bertz CT molecular complexity index is 612. The number of hydrogen-bond acceptors (Lipinski definition) is 4. The number of benzene rings is 1. The first-order valence-electron chi connectivity index (χ1n) is 5.95. The van der Waals surface area contributed by atoms with Gasteiger partial charge in [0.25, 0.3) is 0 Å². The van der Waals surface area contributed by atoms with Gasteiger partial charge in [-0.1, -0.05) is 6.07 Å². The summed E-state index contributed by atoms with van der Waals surface area (Å²) >= 11 is 0. The van der Waals surface area contributed by atoms with Gasteiger partial charge in [0.15, 0.2) is 11.6 Å². The minimum atomic E-state index is -0.461. The molecule has 7 heteroatoms. The number of hydrogen-bond donors (Lipinski definition) is 2. The highest BCUT2D eigenvalue weighted by Gasteiger charge is 2.04. The molecule has 0 aliphatic rings. The van der Waals surface area contributed by atoms with Crippen LogP contribution in [0.4, 0.5) is 10.1 Å². The lowest BCUT2D eigenvalue weighted by molar-refractivity contribution is -0.118. The Morgan fingerprint density at radius 1 is 1.55 bits per heavy atom. The van der Waals surface area contributed by atoms with Crippen molar-refractivity contribution in [1.82, 2.24) is 9.78 Å². The molecule has 2 aromatic rings. The van der Waals surface area contributed by atoms with E-state index < -0.39 is 11.7 Å². The molecule has 0 bridgehead atoms. The predicted molar refractivity (Wildman–Crippen MR) is 71.7 cm³/mol. The number of nitrogens with zero attached hydrogens (tertiary/aromatic N) is 2. The van der Waals surface area contributed by atoms with E-state index in [-0.39, 0.29) is 12.3 Å². The Morgan fingerprint density at radius 3 is 3.00 bits per heavy atom. The van der Waals surface area contributed by atoms with E-state index in [9.17, 15) is 9.18 Å². The van der Waals surface area contributed by atoms with Crippen LogP contribution < -0.4 is 15.8 Å². The van der Waals surface area contributed by atoms with Crippen LogP contribution in [0.1, 0.15) is 5.56 Å². The monoisotopic (exact) mass is 278 g/mol. The number of anilines is 1. The molecule has 0 fully saturated rings. The molecule has 0 radical (unpaired) electrons. The molecule has 0 saturated carbocycles. The van der Waals surface area contributed by atoms with Crippen molar-refractivity contribution >= 4 is 11.6 Å². The van der Waals surface area contributed by atoms with Gasteiger partial charge in [-0.2, -0.15) is 5.10 Å². The summed E-state index contributed by atoms with van der Waals surface area (Å²) in [4.78, 5) is 10.7. The molecule has 1 aromatic heterocycles. The van der Waals surface area contributed by atoms with Gasteiger partial charge in [0.05, 0.1) is 19.0 Å². The second-order valence-electron chi connectivity index (χ2n) is 4.22. The van der Waals surface area contributed by atoms with E-state index in [1.54, 1.807) is 24.5 Å². The van der Waals surface area contributed by atoms with Crippen LogP contribution in [-0.4, -0.2) is 22.8 Å². The number of carbonyl (C=O) groups is 1. The van der Waals surface area contributed by atoms with Crippen LogP contribution in [0.3, 0.4) is 0 Å². The van der Waals surface area contributed by atoms with E-state index >= 15 is 0 Å². The Labute approximate surface area is 115 Å². The summed E-state index contributed by atoms with van der Waals surface area (Å²) in [6.07, 6.45) is 3.23. The molecule has 1 aromatic carbocycles. The number of nitrogens with two attached hydrogens (primary N) is 1. The summed E-state index contributed by atoms with van der Waals surface area (Å²) in [7, 11) is 1.42. The van der Waals surface area contributed by atoms with E-state index in [1.165, 1.54) is 17.9 Å². The van der Waals surface area contributed by atoms with Gasteiger partial charge in [0.1, 0.15) is 6.54 Å². The maximum atomic E-state index is 13.5. The Hall–Kier alpha value is -2.57. The second kappa shape index (κ2) is 6.05. The summed E-state index contributed by atoms with van der Waals surface area (Å²) in [5, 5.41) is 7.05. The van der Waals surface area contributed by atoms with E-state index in [0.29, 0.717) is 6.54 Å². The highest BCUT2D eigenvalue weighted by molar-refractivity contribution is 5.73. The molecule has 2 rings (SSSR count). The Morgan fingerprint density at radius 2 is 2.35 bits per heavy atom. The third-order valence-corrected chi connectivity index (χ3v) is 2.66. The average Bonchev–Trinajstić information content (AvgIpc) is 2.83. The first kappa shape index (κ1) is 13.9. The van der Waals surface area contributed by atoms with Gasteiger partial charge in [0.2, 0.25) is 5.91 Å². The Balaban J connectivity index is 1.96. The van der Waals surface area contributed by atoms with Crippen molar-refractivity contribution in [2.24, 2.45) is 5.73 Å². The van der Waals surface area contributed by atoms with E-state index in [2.05, 4.69) is 10.4 Å². The third-order valence-electron chi connectivity index (χ3n) is 2.66. The Kier molecular flexibility index (Phi) is 4.19. The SMILES string of the molecule is COc1ccc(CNc2cnn(CC(N)=O)c2)cc1F. The molecule has 0 aliphatic heterocycles. The molecule has 106 valence electrons. The van der Waals surface area contributed by atoms with Gasteiger partial charge in [-0.3, -0.25) is 9.48 Å². The fraction of sp³-hybridized carbons (Fsp3) is 0.231. The number of rotatable bonds is 6. The van der Waals surface area contributed by atoms with E-state index in [1.807, 2.05) is 0 Å². The highest BCUT2D eigenvalue weighted by Crippen LogP contribution is 2.18. The van der Waals surface area contributed by atoms with Gasteiger partial charge in [-0.15, -0.1) is 0 Å². The van der Waals surface area contributed by atoms with Gasteiger partial charge < -0.3 is 15.8 Å². The fourth-order valence-electron chi connectivity index (χ4n) is 1.72. The molecule has 0 atom stereocenters. The van der Waals surface area contributed by atoms with E-state index in [4.69, 9.17) is 10.5 Å². The number of primary amides is 1. The van der Waals surface area contributed by atoms with Crippen molar-refractivity contribution in [3.63, 3.8) is 0 Å². The largest absolute Gasteiger partial charge is 0.494 e. The molecule has 1 heterocycles. The van der Waals surface area contributed by atoms with Crippen LogP contribution in [0.2, 0.25) is 0 Å². The second-order valence-corrected chi connectivity index (χ2v) is 4.22. The molecular weight excluding hydrogens is 263 g/mol. The topological polar surface area (TPSA) is 82.2 Å². The lowest BCUT2D eigenvalue weighted by Crippen LogP contribution is -2.18. The van der Waals surface area contributed by atoms with Gasteiger partial charge in [-0.05, 0) is 17.7 Å². The number of nitrogens with one attached hydrogen (secondary N) is 1. The summed E-state index contributed by atoms with van der Waals surface area (Å²) in [5.41, 5.74) is 6.56. The smallest absolute Gasteiger partial charge is 0.239 e. The first-order valence-corrected chi connectivity index (χ1v) is 5.95. The summed E-state index contributed by atoms with van der Waals surface area (Å²) in [6.45, 7) is 0.460. The number of carbonyl (C=O) groups excluding carboxylic acids is 1. The molecule has 3 N–H and O–H groups in total. The van der Waals surface area contributed by atoms with Gasteiger partial charge >= 0.3 is 0 Å². The maximum Gasteiger partial charge on any atom is 0.239 e. The van der Waals surface area contributed by atoms with Crippen LogP contribution in [-0.2, 0) is 17.9 Å². The average molecular weight is 278 g/mol. The molecular formula is C13H15FN4O2. The number of methoxy groups -OCH3 is 1. The summed E-state index contributed by atoms with van der Waals surface area (Å²) in [6, 6.07) is 4.74. The number of aromatic nitrogens is 2. The highest BCUT2D eigenvalue weighted by atomic mass is 19.1. The van der Waals surface area contributed by atoms with Crippen molar-refractivity contribution < 1.29 is 13.9 Å². The zero-order valence-corrected chi connectivity index (χ0v) is 11.0. The number of halogens is 1. The van der Waals surface area contributed by atoms with Crippen LogP contribution in [0, 0.1) is 5.82 Å². The lowest BCUT2D eigenvalue weighted by Gasteiger charge is -2.06. The molecule has 0 saturated heterocycles. The van der Waals surface area contributed by atoms with Gasteiger partial charge in [-0.25, -0.2) is 4.39 Å². The number of amides is 1. The molecule has 6 nitrogen and oxygen atoms in total. The predicted octanol–water partition coefficient (Wildman–Crippen LogP) is 1.13. The minimum Gasteiger partial charge on any atom is -0.494 e. The van der Waals surface area contributed by atoms with Crippen molar-refractivity contribution in [3.8, 4) is 5.75 Å². The van der Waals surface area contributed by atoms with Crippen LogP contribution in [0.5, 0.6) is 5.75 Å². The fourth-order valence-corrected chi connectivity index (χ4v) is 1.72. The van der Waals surface area contributed by atoms with Crippen molar-refractivity contribution in [2.45, 2.75) is 13.1 Å². The van der Waals surface area contributed by atoms with Crippen molar-refractivity contribution in [1.29, 1.82) is 0 Å². The van der Waals surface area contributed by atoms with Crippen LogP contribution in [0.25, 0.3) is 0 Å². The third kappa shape index (κ3) is 3.47. The molecule has 0 aliphatic carbocycles.